The van der Waals surface area contributed by atoms with Gasteiger partial charge in [-0.2, -0.15) is 0 Å². The van der Waals surface area contributed by atoms with Crippen LogP contribution in [0.3, 0.4) is 0 Å². The summed E-state index contributed by atoms with van der Waals surface area (Å²) in [5, 5.41) is 16.0. The van der Waals surface area contributed by atoms with Crippen molar-refractivity contribution >= 4 is 17.6 Å². The minimum absolute atomic E-state index is 0.350. The van der Waals surface area contributed by atoms with Crippen molar-refractivity contribution in [1.29, 1.82) is 0 Å². The molecule has 1 atom stereocenters. The van der Waals surface area contributed by atoms with E-state index in [-0.39, 0.29) is 0 Å². The maximum absolute atomic E-state index is 12.0. The maximum atomic E-state index is 12.0. The summed E-state index contributed by atoms with van der Waals surface area (Å²) in [6.07, 6.45) is 0.350. The maximum Gasteiger partial charge on any atom is 0.340 e. The lowest BCUT2D eigenvalue weighted by molar-refractivity contribution is -0.589. The molecule has 0 aliphatic carbocycles. The van der Waals surface area contributed by atoms with Crippen LogP contribution in [-0.2, 0) is 4.74 Å². The number of hydrogen-bond acceptors (Lipinski definition) is 4. The molecule has 0 saturated heterocycles. The van der Waals surface area contributed by atoms with Crippen LogP contribution in [0, 0.1) is 5.21 Å². The number of carbonyl (C=O) groups is 1. The number of esters is 1. The molecule has 1 unspecified atom stereocenters. The second-order valence-corrected chi connectivity index (χ2v) is 5.87. The third-order valence-electron chi connectivity index (χ3n) is 2.97. The first kappa shape index (κ1) is 13.8. The second kappa shape index (κ2) is 4.49. The summed E-state index contributed by atoms with van der Waals surface area (Å²) in [6.45, 7) is 5.14. The first-order chi connectivity index (χ1) is 8.72. The molecule has 0 N–H and O–H groups in total. The van der Waals surface area contributed by atoms with Crippen LogP contribution in [-0.4, -0.2) is 22.1 Å². The summed E-state index contributed by atoms with van der Waals surface area (Å²) in [6, 6.07) is 6.36. The molecule has 0 radical (unpaired) electrons. The van der Waals surface area contributed by atoms with Crippen LogP contribution >= 0.6 is 11.6 Å². The molecule has 0 spiro atoms. The Kier molecular flexibility index (Phi) is 3.26. The Morgan fingerprint density at radius 2 is 1.95 bits per heavy atom. The van der Waals surface area contributed by atoms with Gasteiger partial charge in [0.05, 0.1) is 12.0 Å². The number of hydroxylamine groups is 1. The largest absolute Gasteiger partial charge is 0.599 e. The van der Waals surface area contributed by atoms with E-state index in [0.29, 0.717) is 21.9 Å². The van der Waals surface area contributed by atoms with E-state index < -0.39 is 17.2 Å². The van der Waals surface area contributed by atoms with E-state index in [0.717, 1.165) is 0 Å². The van der Waals surface area contributed by atoms with E-state index in [1.165, 1.54) is 0 Å². The molecule has 0 aromatic heterocycles. The van der Waals surface area contributed by atoms with Crippen LogP contribution in [0.25, 0.3) is 0 Å². The molecule has 19 heavy (non-hydrogen) atoms. The van der Waals surface area contributed by atoms with Crippen molar-refractivity contribution in [3.63, 3.8) is 0 Å². The molecule has 0 bridgehead atoms. The van der Waals surface area contributed by atoms with Gasteiger partial charge in [-0.25, -0.2) is 4.79 Å². The molecule has 0 saturated carbocycles. The molecular weight excluding hydrogens is 268 g/mol. The van der Waals surface area contributed by atoms with E-state index in [9.17, 15) is 10.0 Å². The normalized spacial score (nSPS) is 24.9. The lowest BCUT2D eigenvalue weighted by Crippen LogP contribution is -2.33. The fraction of sp³-hybridized carbons (Fsp3) is 0.462. The Balaban J connectivity index is 2.14. The van der Waals surface area contributed by atoms with Crippen molar-refractivity contribution in [1.82, 2.24) is 0 Å². The smallest absolute Gasteiger partial charge is 0.340 e. The molecule has 6 heteroatoms. The third kappa shape index (κ3) is 2.87. The van der Waals surface area contributed by atoms with Crippen LogP contribution in [0.1, 0.15) is 37.6 Å². The highest BCUT2D eigenvalue weighted by Crippen LogP contribution is 2.35. The number of azo groups is 1. The molecule has 1 heterocycles. The third-order valence-corrected chi connectivity index (χ3v) is 3.23. The highest BCUT2D eigenvalue weighted by Gasteiger charge is 2.50. The van der Waals surface area contributed by atoms with Crippen LogP contribution in [0.4, 0.5) is 0 Å². The van der Waals surface area contributed by atoms with Gasteiger partial charge in [0.15, 0.2) is 5.54 Å². The van der Waals surface area contributed by atoms with Crippen LogP contribution in [0.15, 0.2) is 29.4 Å². The first-order valence-corrected chi connectivity index (χ1v) is 6.29. The van der Waals surface area contributed by atoms with Gasteiger partial charge in [-0.3, -0.25) is 0 Å². The molecule has 1 aliphatic heterocycles. The van der Waals surface area contributed by atoms with Crippen molar-refractivity contribution in [2.24, 2.45) is 5.11 Å². The van der Waals surface area contributed by atoms with Crippen molar-refractivity contribution in [3.05, 3.63) is 40.1 Å². The van der Waals surface area contributed by atoms with Crippen LogP contribution < -0.4 is 0 Å². The minimum Gasteiger partial charge on any atom is -0.599 e. The van der Waals surface area contributed by atoms with Crippen LogP contribution in [0.5, 0.6) is 0 Å². The number of carbonyl (C=O) groups excluding carboxylic acids is 1. The summed E-state index contributed by atoms with van der Waals surface area (Å²) in [4.78, 5) is 12.6. The van der Waals surface area contributed by atoms with Gasteiger partial charge in [-0.15, -0.1) is 0 Å². The van der Waals surface area contributed by atoms with E-state index in [4.69, 9.17) is 16.3 Å². The van der Waals surface area contributed by atoms with Gasteiger partial charge in [0.2, 0.25) is 0 Å². The number of rotatable bonds is 2. The molecule has 1 aliphatic rings. The summed E-state index contributed by atoms with van der Waals surface area (Å²) < 4.78 is 5.34. The topological polar surface area (TPSA) is 64.7 Å². The van der Waals surface area contributed by atoms with Gasteiger partial charge in [0.1, 0.15) is 0 Å². The molecule has 1 aromatic rings. The molecule has 0 amide bonds. The second-order valence-electron chi connectivity index (χ2n) is 5.43. The molecule has 1 aromatic carbocycles. The Hall–Kier alpha value is -1.62. The van der Waals surface area contributed by atoms with E-state index in [1.54, 1.807) is 45.0 Å². The molecule has 2 rings (SSSR count). The highest BCUT2D eigenvalue weighted by molar-refractivity contribution is 6.30. The quantitative estimate of drug-likeness (QED) is 0.474. The van der Waals surface area contributed by atoms with Gasteiger partial charge < -0.3 is 9.94 Å². The Morgan fingerprint density at radius 1 is 1.37 bits per heavy atom. The van der Waals surface area contributed by atoms with Gasteiger partial charge >= 0.3 is 5.97 Å². The van der Waals surface area contributed by atoms with E-state index in [1.807, 2.05) is 0 Å². The van der Waals surface area contributed by atoms with Gasteiger partial charge in [0.25, 0.3) is 5.72 Å². The summed E-state index contributed by atoms with van der Waals surface area (Å²) in [5.41, 5.74) is -1.42. The van der Waals surface area contributed by atoms with Crippen molar-refractivity contribution < 1.29 is 14.4 Å². The van der Waals surface area contributed by atoms with Gasteiger partial charge in [0, 0.05) is 30.9 Å². The zero-order chi connectivity index (χ0) is 14.3. The molecule has 5 nitrogen and oxygen atoms in total. The van der Waals surface area contributed by atoms with Crippen LogP contribution in [0.2, 0.25) is 5.02 Å². The van der Waals surface area contributed by atoms with Gasteiger partial charge in [-0.05, 0) is 24.3 Å². The van der Waals surface area contributed by atoms with Crippen molar-refractivity contribution in [3.8, 4) is 0 Å². The number of benzene rings is 1. The SMILES string of the molecule is CC1(OC(=O)c2ccc(Cl)cc2)CC(C)(C)[N+]([O-])=N1. The zero-order valence-corrected chi connectivity index (χ0v) is 11.8. The lowest BCUT2D eigenvalue weighted by Gasteiger charge is -2.19. The molecular formula is C13H15ClN2O3. The van der Waals surface area contributed by atoms with E-state index >= 15 is 0 Å². The fourth-order valence-corrected chi connectivity index (χ4v) is 2.26. The summed E-state index contributed by atoms with van der Waals surface area (Å²) in [7, 11) is 0. The Morgan fingerprint density at radius 3 is 2.42 bits per heavy atom. The molecule has 102 valence electrons. The first-order valence-electron chi connectivity index (χ1n) is 5.91. The number of ether oxygens (including phenoxy) is 1. The Bertz CT molecular complexity index is 539. The monoisotopic (exact) mass is 282 g/mol. The predicted molar refractivity (Wildman–Crippen MR) is 70.0 cm³/mol. The average molecular weight is 283 g/mol. The average Bonchev–Trinajstić information content (AvgIpc) is 2.47. The standard InChI is InChI=1S/C13H15ClN2O3/c1-12(2)8-13(3,15-16(12)18)19-11(17)9-4-6-10(14)7-5-9/h4-7H,8H2,1-3H3. The minimum atomic E-state index is -1.12. The number of nitrogens with zero attached hydrogens (tertiary/aromatic N) is 2. The fourth-order valence-electron chi connectivity index (χ4n) is 2.13. The van der Waals surface area contributed by atoms with Gasteiger partial charge in [-0.1, -0.05) is 16.5 Å². The summed E-state index contributed by atoms with van der Waals surface area (Å²) in [5.74, 6) is -0.519. The van der Waals surface area contributed by atoms with Crippen molar-refractivity contribution in [2.75, 3.05) is 0 Å². The predicted octanol–water partition coefficient (Wildman–Crippen LogP) is 3.36. The lowest BCUT2D eigenvalue weighted by atomic mass is 9.97. The Labute approximate surface area is 116 Å². The summed E-state index contributed by atoms with van der Waals surface area (Å²) >= 11 is 5.75. The van der Waals surface area contributed by atoms with E-state index in [2.05, 4.69) is 5.11 Å². The highest BCUT2D eigenvalue weighted by atomic mass is 35.5. The number of halogens is 1. The zero-order valence-electron chi connectivity index (χ0n) is 11.0. The van der Waals surface area contributed by atoms with Crippen molar-refractivity contribution in [2.45, 2.75) is 38.5 Å². The molecule has 0 fully saturated rings. The number of hydrogen-bond donors (Lipinski definition) is 0.